The van der Waals surface area contributed by atoms with Crippen LogP contribution >= 0.6 is 24.0 Å². The summed E-state index contributed by atoms with van der Waals surface area (Å²) in [4.78, 5) is 6.96. The Hall–Kier alpha value is -1.22. The Balaban J connectivity index is 0.00000338. The van der Waals surface area contributed by atoms with Gasteiger partial charge in [0.15, 0.2) is 17.5 Å². The van der Waals surface area contributed by atoms with Crippen LogP contribution in [0.1, 0.15) is 32.3 Å². The van der Waals surface area contributed by atoms with Crippen molar-refractivity contribution < 1.29 is 9.47 Å². The highest BCUT2D eigenvalue weighted by Gasteiger charge is 2.29. The van der Waals surface area contributed by atoms with Gasteiger partial charge in [-0.1, -0.05) is 6.07 Å². The van der Waals surface area contributed by atoms with E-state index in [-0.39, 0.29) is 24.0 Å². The van der Waals surface area contributed by atoms with Gasteiger partial charge in [-0.05, 0) is 50.8 Å². The van der Waals surface area contributed by atoms with Gasteiger partial charge in [0.25, 0.3) is 0 Å². The summed E-state index contributed by atoms with van der Waals surface area (Å²) in [6.07, 6.45) is 3.48. The summed E-state index contributed by atoms with van der Waals surface area (Å²) in [7, 11) is 3.28. The van der Waals surface area contributed by atoms with Crippen LogP contribution in [0.15, 0.2) is 23.2 Å². The molecule has 0 bridgehead atoms. The first kappa shape index (κ1) is 22.8. The number of benzene rings is 1. The summed E-state index contributed by atoms with van der Waals surface area (Å²) in [6.45, 7) is 6.94. The number of hydrogen-bond acceptors (Lipinski definition) is 4. The molecule has 1 aromatic rings. The zero-order valence-corrected chi connectivity index (χ0v) is 18.7. The summed E-state index contributed by atoms with van der Waals surface area (Å²) < 4.78 is 10.6. The number of methoxy groups -OCH3 is 2. The second kappa shape index (κ2) is 11.5. The average molecular weight is 476 g/mol. The van der Waals surface area contributed by atoms with E-state index < -0.39 is 0 Å². The normalized spacial score (nSPS) is 14.3. The molecular weight excluding hydrogens is 443 g/mol. The zero-order valence-electron chi connectivity index (χ0n) is 16.3. The lowest BCUT2D eigenvalue weighted by Crippen LogP contribution is -2.37. The standard InChI is InChI=1S/C19H32N4O2.HI/c1-14(2)23(16-6-7-16)12-11-22-19(20)21-10-9-15-5-8-17(24-3)18(13-15)25-4;/h5,8,13-14,16H,6-7,9-12H2,1-4H3,(H3,20,21,22);1H. The molecule has 2 rings (SSSR count). The van der Waals surface area contributed by atoms with E-state index in [2.05, 4.69) is 29.1 Å². The van der Waals surface area contributed by atoms with Gasteiger partial charge >= 0.3 is 0 Å². The summed E-state index contributed by atoms with van der Waals surface area (Å²) in [6, 6.07) is 7.27. The Bertz CT molecular complexity index is 575. The van der Waals surface area contributed by atoms with Gasteiger partial charge in [0.05, 0.1) is 20.8 Å². The fourth-order valence-corrected chi connectivity index (χ4v) is 2.98. The molecule has 0 aliphatic heterocycles. The molecule has 0 radical (unpaired) electrons. The predicted octanol–water partition coefficient (Wildman–Crippen LogP) is 2.64. The second-order valence-electron chi connectivity index (χ2n) is 6.70. The lowest BCUT2D eigenvalue weighted by atomic mass is 10.1. The van der Waals surface area contributed by atoms with Gasteiger partial charge in [-0.3, -0.25) is 9.89 Å². The molecule has 1 fully saturated rings. The minimum atomic E-state index is 0. The number of hydrogen-bond donors (Lipinski definition) is 2. The summed E-state index contributed by atoms with van der Waals surface area (Å²) >= 11 is 0. The van der Waals surface area contributed by atoms with Crippen LogP contribution in [-0.4, -0.2) is 56.8 Å². The Labute approximate surface area is 174 Å². The molecular formula is C19H33IN4O2. The molecule has 26 heavy (non-hydrogen) atoms. The van der Waals surface area contributed by atoms with Crippen LogP contribution in [0.5, 0.6) is 11.5 Å². The molecule has 0 atom stereocenters. The average Bonchev–Trinajstić information content (AvgIpc) is 3.43. The van der Waals surface area contributed by atoms with E-state index in [1.165, 1.54) is 12.8 Å². The highest BCUT2D eigenvalue weighted by molar-refractivity contribution is 14.0. The Morgan fingerprint density at radius 2 is 1.96 bits per heavy atom. The SMILES string of the molecule is COc1ccc(CCNC(N)=NCCN(C(C)C)C2CC2)cc1OC.I. The highest BCUT2D eigenvalue weighted by Crippen LogP contribution is 2.28. The molecule has 1 aliphatic rings. The van der Waals surface area contributed by atoms with Gasteiger partial charge in [-0.2, -0.15) is 0 Å². The molecule has 1 aliphatic carbocycles. The molecule has 7 heteroatoms. The molecule has 0 heterocycles. The number of nitrogens with one attached hydrogen (secondary N) is 1. The number of rotatable bonds is 10. The minimum Gasteiger partial charge on any atom is -0.493 e. The fourth-order valence-electron chi connectivity index (χ4n) is 2.98. The second-order valence-corrected chi connectivity index (χ2v) is 6.70. The van der Waals surface area contributed by atoms with E-state index in [0.29, 0.717) is 12.0 Å². The monoisotopic (exact) mass is 476 g/mol. The van der Waals surface area contributed by atoms with Crippen LogP contribution in [-0.2, 0) is 6.42 Å². The number of ether oxygens (including phenoxy) is 2. The zero-order chi connectivity index (χ0) is 18.2. The van der Waals surface area contributed by atoms with Crippen LogP contribution in [0.25, 0.3) is 0 Å². The van der Waals surface area contributed by atoms with Crippen molar-refractivity contribution in [1.29, 1.82) is 0 Å². The molecule has 0 amide bonds. The molecule has 0 unspecified atom stereocenters. The van der Waals surface area contributed by atoms with Crippen molar-refractivity contribution >= 4 is 29.9 Å². The van der Waals surface area contributed by atoms with Crippen molar-refractivity contribution in [3.05, 3.63) is 23.8 Å². The number of nitrogens with two attached hydrogens (primary N) is 1. The van der Waals surface area contributed by atoms with Crippen molar-refractivity contribution in [2.24, 2.45) is 10.7 Å². The molecule has 1 aromatic carbocycles. The largest absolute Gasteiger partial charge is 0.493 e. The van der Waals surface area contributed by atoms with E-state index >= 15 is 0 Å². The van der Waals surface area contributed by atoms with Gasteiger partial charge in [-0.25, -0.2) is 0 Å². The van der Waals surface area contributed by atoms with E-state index in [0.717, 1.165) is 49.2 Å². The van der Waals surface area contributed by atoms with Crippen molar-refractivity contribution in [3.63, 3.8) is 0 Å². The van der Waals surface area contributed by atoms with Crippen LogP contribution < -0.4 is 20.5 Å². The molecule has 0 saturated heterocycles. The molecule has 0 spiro atoms. The molecule has 0 aromatic heterocycles. The molecule has 148 valence electrons. The van der Waals surface area contributed by atoms with Crippen LogP contribution in [0, 0.1) is 0 Å². The third-order valence-corrected chi connectivity index (χ3v) is 4.49. The van der Waals surface area contributed by atoms with Crippen molar-refractivity contribution in [2.75, 3.05) is 33.9 Å². The maximum absolute atomic E-state index is 5.97. The van der Waals surface area contributed by atoms with E-state index in [4.69, 9.17) is 15.2 Å². The van der Waals surface area contributed by atoms with Crippen LogP contribution in [0.4, 0.5) is 0 Å². The maximum atomic E-state index is 5.97. The minimum absolute atomic E-state index is 0. The first-order valence-electron chi connectivity index (χ1n) is 9.05. The van der Waals surface area contributed by atoms with Gasteiger partial charge in [0.2, 0.25) is 0 Å². The van der Waals surface area contributed by atoms with Crippen molar-refractivity contribution in [1.82, 2.24) is 10.2 Å². The Kier molecular flexibility index (Phi) is 10.1. The maximum Gasteiger partial charge on any atom is 0.188 e. The first-order chi connectivity index (χ1) is 12.0. The van der Waals surface area contributed by atoms with Gasteiger partial charge in [0.1, 0.15) is 0 Å². The van der Waals surface area contributed by atoms with E-state index in [9.17, 15) is 0 Å². The van der Waals surface area contributed by atoms with Gasteiger partial charge in [0, 0.05) is 25.2 Å². The number of aliphatic imine (C=N–C) groups is 1. The predicted molar refractivity (Wildman–Crippen MR) is 118 cm³/mol. The molecule has 1 saturated carbocycles. The fraction of sp³-hybridized carbons (Fsp3) is 0.632. The lowest BCUT2D eigenvalue weighted by Gasteiger charge is -2.25. The lowest BCUT2D eigenvalue weighted by molar-refractivity contribution is 0.218. The quantitative estimate of drug-likeness (QED) is 0.309. The van der Waals surface area contributed by atoms with Gasteiger partial charge in [-0.15, -0.1) is 24.0 Å². The Morgan fingerprint density at radius 1 is 1.27 bits per heavy atom. The van der Waals surface area contributed by atoms with Gasteiger partial charge < -0.3 is 20.5 Å². The van der Waals surface area contributed by atoms with Crippen LogP contribution in [0.3, 0.4) is 0 Å². The number of halogens is 1. The molecule has 3 N–H and O–H groups in total. The summed E-state index contributed by atoms with van der Waals surface area (Å²) in [5, 5.41) is 3.18. The smallest absolute Gasteiger partial charge is 0.188 e. The first-order valence-corrected chi connectivity index (χ1v) is 9.05. The third-order valence-electron chi connectivity index (χ3n) is 4.49. The molecule has 6 nitrogen and oxygen atoms in total. The van der Waals surface area contributed by atoms with Crippen LogP contribution in [0.2, 0.25) is 0 Å². The van der Waals surface area contributed by atoms with Crippen molar-refractivity contribution in [3.8, 4) is 11.5 Å². The summed E-state index contributed by atoms with van der Waals surface area (Å²) in [5.74, 6) is 2.00. The number of nitrogens with zero attached hydrogens (tertiary/aromatic N) is 2. The third kappa shape index (κ3) is 7.19. The highest BCUT2D eigenvalue weighted by atomic mass is 127. The topological polar surface area (TPSA) is 72.1 Å². The van der Waals surface area contributed by atoms with E-state index in [1.807, 2.05) is 18.2 Å². The number of guanidine groups is 1. The summed E-state index contributed by atoms with van der Waals surface area (Å²) in [5.41, 5.74) is 7.13. The van der Waals surface area contributed by atoms with E-state index in [1.54, 1.807) is 14.2 Å². The van der Waals surface area contributed by atoms with Crippen molar-refractivity contribution in [2.45, 2.75) is 45.2 Å². The Morgan fingerprint density at radius 3 is 2.54 bits per heavy atom.